The van der Waals surface area contributed by atoms with E-state index in [0.717, 1.165) is 12.8 Å². The molecule has 0 saturated heterocycles. The number of carbonyl (C=O) groups excluding carboxylic acids is 2. The normalized spacial score (nSPS) is 39.1. The molecule has 96 valence electrons. The maximum Gasteiger partial charge on any atom is 0.143 e. The van der Waals surface area contributed by atoms with E-state index >= 15 is 0 Å². The van der Waals surface area contributed by atoms with E-state index in [4.69, 9.17) is 0 Å². The Morgan fingerprint density at radius 1 is 1.12 bits per heavy atom. The highest BCUT2D eigenvalue weighted by atomic mass is 28.3. The van der Waals surface area contributed by atoms with Crippen molar-refractivity contribution in [2.24, 2.45) is 17.8 Å². The predicted molar refractivity (Wildman–Crippen MR) is 71.7 cm³/mol. The molecule has 0 N–H and O–H groups in total. The SMILES string of the molecule is C[C@H]1C[C@H]([Si](C)(C)C)CC(=O)C2C(=O)CC[C@@H]21. The molecular weight excluding hydrogens is 228 g/mol. The summed E-state index contributed by atoms with van der Waals surface area (Å²) in [4.78, 5) is 24.2. The summed E-state index contributed by atoms with van der Waals surface area (Å²) in [6, 6.07) is 0. The number of carbonyl (C=O) groups is 2. The van der Waals surface area contributed by atoms with Gasteiger partial charge in [0, 0.05) is 20.9 Å². The van der Waals surface area contributed by atoms with Crippen LogP contribution in [-0.2, 0) is 9.59 Å². The van der Waals surface area contributed by atoms with Crippen LogP contribution in [0.3, 0.4) is 0 Å². The van der Waals surface area contributed by atoms with Crippen LogP contribution in [0.4, 0.5) is 0 Å². The van der Waals surface area contributed by atoms with Crippen molar-refractivity contribution >= 4 is 19.6 Å². The largest absolute Gasteiger partial charge is 0.299 e. The van der Waals surface area contributed by atoms with Gasteiger partial charge >= 0.3 is 0 Å². The number of Topliss-reactive ketones (excluding diaryl/α,β-unsaturated/α-hetero) is 2. The third-order valence-corrected chi connectivity index (χ3v) is 7.79. The van der Waals surface area contributed by atoms with Crippen molar-refractivity contribution in [3.8, 4) is 0 Å². The maximum absolute atomic E-state index is 12.3. The Bertz CT molecular complexity index is 343. The van der Waals surface area contributed by atoms with Crippen molar-refractivity contribution in [2.75, 3.05) is 0 Å². The van der Waals surface area contributed by atoms with Gasteiger partial charge in [-0.2, -0.15) is 0 Å². The molecule has 0 aromatic carbocycles. The summed E-state index contributed by atoms with van der Waals surface area (Å²) in [5.74, 6) is 1.16. The fourth-order valence-corrected chi connectivity index (χ4v) is 5.53. The van der Waals surface area contributed by atoms with Gasteiger partial charge in [-0.05, 0) is 30.2 Å². The molecule has 0 amide bonds. The molecule has 0 aromatic heterocycles. The minimum atomic E-state index is -1.27. The van der Waals surface area contributed by atoms with E-state index in [0.29, 0.717) is 30.2 Å². The molecule has 2 aliphatic carbocycles. The molecule has 2 rings (SSSR count). The summed E-state index contributed by atoms with van der Waals surface area (Å²) in [6.07, 6.45) is 3.43. The fraction of sp³-hybridized carbons (Fsp3) is 0.857. The standard InChI is InChI=1S/C14H24O2Si/c1-9-7-10(17(2,3)4)8-13(16)14-11(9)5-6-12(14)15/h9-11,14H,5-8H2,1-4H3/t9-,10-,11+,14?/m0/s1. The topological polar surface area (TPSA) is 34.1 Å². The molecule has 0 aliphatic heterocycles. The average molecular weight is 252 g/mol. The van der Waals surface area contributed by atoms with Crippen molar-refractivity contribution in [3.05, 3.63) is 0 Å². The van der Waals surface area contributed by atoms with Gasteiger partial charge in [0.2, 0.25) is 0 Å². The van der Waals surface area contributed by atoms with E-state index in [2.05, 4.69) is 26.6 Å². The lowest BCUT2D eigenvalue weighted by Crippen LogP contribution is -2.30. The molecule has 0 spiro atoms. The minimum Gasteiger partial charge on any atom is -0.299 e. The molecule has 4 atom stereocenters. The van der Waals surface area contributed by atoms with E-state index < -0.39 is 8.07 Å². The Labute approximate surface area is 105 Å². The van der Waals surface area contributed by atoms with Crippen molar-refractivity contribution in [3.63, 3.8) is 0 Å². The van der Waals surface area contributed by atoms with Crippen LogP contribution >= 0.6 is 0 Å². The molecule has 2 saturated carbocycles. The lowest BCUT2D eigenvalue weighted by atomic mass is 9.83. The summed E-state index contributed by atoms with van der Waals surface area (Å²) in [5.41, 5.74) is 0.573. The summed E-state index contributed by atoms with van der Waals surface area (Å²) < 4.78 is 0. The molecule has 2 nitrogen and oxygen atoms in total. The van der Waals surface area contributed by atoms with E-state index in [1.54, 1.807) is 0 Å². The van der Waals surface area contributed by atoms with Gasteiger partial charge in [-0.25, -0.2) is 0 Å². The molecule has 3 heteroatoms. The zero-order chi connectivity index (χ0) is 12.8. The van der Waals surface area contributed by atoms with Crippen LogP contribution in [0.15, 0.2) is 0 Å². The molecule has 0 bridgehead atoms. The first-order valence-corrected chi connectivity index (χ1v) is 10.4. The van der Waals surface area contributed by atoms with Gasteiger partial charge in [-0.1, -0.05) is 26.6 Å². The first kappa shape index (κ1) is 13.0. The highest BCUT2D eigenvalue weighted by molar-refractivity contribution is 6.77. The summed E-state index contributed by atoms with van der Waals surface area (Å²) >= 11 is 0. The Morgan fingerprint density at radius 3 is 2.35 bits per heavy atom. The number of ketones is 2. The van der Waals surface area contributed by atoms with Crippen molar-refractivity contribution in [1.29, 1.82) is 0 Å². The third-order valence-electron chi connectivity index (χ3n) is 4.91. The first-order chi connectivity index (χ1) is 7.80. The number of rotatable bonds is 1. The van der Waals surface area contributed by atoms with Gasteiger partial charge in [-0.15, -0.1) is 0 Å². The Morgan fingerprint density at radius 2 is 1.76 bits per heavy atom. The average Bonchev–Trinajstić information content (AvgIpc) is 2.51. The fourth-order valence-electron chi connectivity index (χ4n) is 3.64. The molecule has 0 heterocycles. The van der Waals surface area contributed by atoms with Crippen LogP contribution < -0.4 is 0 Å². The van der Waals surface area contributed by atoms with Gasteiger partial charge in [0.25, 0.3) is 0 Å². The third kappa shape index (κ3) is 2.39. The summed E-state index contributed by atoms with van der Waals surface area (Å²) in [6.45, 7) is 9.30. The number of hydrogen-bond donors (Lipinski definition) is 0. The van der Waals surface area contributed by atoms with Crippen LogP contribution in [0, 0.1) is 17.8 Å². The maximum atomic E-state index is 12.3. The lowest BCUT2D eigenvalue weighted by molar-refractivity contribution is -0.132. The second-order valence-corrected chi connectivity index (χ2v) is 12.6. The zero-order valence-corrected chi connectivity index (χ0v) is 12.5. The van der Waals surface area contributed by atoms with E-state index in [1.165, 1.54) is 0 Å². The molecule has 17 heavy (non-hydrogen) atoms. The molecule has 1 unspecified atom stereocenters. The van der Waals surface area contributed by atoms with E-state index in [9.17, 15) is 9.59 Å². The van der Waals surface area contributed by atoms with Gasteiger partial charge in [0.1, 0.15) is 11.6 Å². The second-order valence-electron chi connectivity index (χ2n) is 7.09. The van der Waals surface area contributed by atoms with Crippen molar-refractivity contribution < 1.29 is 9.59 Å². The highest BCUT2D eigenvalue weighted by Gasteiger charge is 2.47. The number of hydrogen-bond acceptors (Lipinski definition) is 2. The molecular formula is C14H24O2Si. The quantitative estimate of drug-likeness (QED) is 0.530. The van der Waals surface area contributed by atoms with Gasteiger partial charge < -0.3 is 0 Å². The Hall–Kier alpha value is -0.443. The van der Waals surface area contributed by atoms with Gasteiger partial charge in [0.15, 0.2) is 0 Å². The van der Waals surface area contributed by atoms with Gasteiger partial charge in [0.05, 0.1) is 5.92 Å². The predicted octanol–water partition coefficient (Wildman–Crippen LogP) is 3.29. The summed E-state index contributed by atoms with van der Waals surface area (Å²) in [7, 11) is -1.27. The second kappa shape index (κ2) is 4.34. The summed E-state index contributed by atoms with van der Waals surface area (Å²) in [5, 5.41) is 0. The minimum absolute atomic E-state index is 0.225. The monoisotopic (exact) mass is 252 g/mol. The number of fused-ring (bicyclic) bond motifs is 1. The van der Waals surface area contributed by atoms with Crippen LogP contribution in [0.2, 0.25) is 25.2 Å². The Balaban J connectivity index is 2.25. The smallest absolute Gasteiger partial charge is 0.143 e. The molecule has 2 aliphatic rings. The van der Waals surface area contributed by atoms with E-state index in [-0.39, 0.29) is 17.5 Å². The van der Waals surface area contributed by atoms with Crippen LogP contribution in [0.1, 0.15) is 32.6 Å². The van der Waals surface area contributed by atoms with E-state index in [1.807, 2.05) is 0 Å². The van der Waals surface area contributed by atoms with Crippen molar-refractivity contribution in [1.82, 2.24) is 0 Å². The molecule has 0 radical (unpaired) electrons. The molecule has 0 aromatic rings. The lowest BCUT2D eigenvalue weighted by Gasteiger charge is -2.29. The van der Waals surface area contributed by atoms with Gasteiger partial charge in [-0.3, -0.25) is 9.59 Å². The van der Waals surface area contributed by atoms with Crippen LogP contribution in [0.25, 0.3) is 0 Å². The first-order valence-electron chi connectivity index (χ1n) is 6.86. The van der Waals surface area contributed by atoms with Crippen LogP contribution in [-0.4, -0.2) is 19.6 Å². The van der Waals surface area contributed by atoms with Crippen molar-refractivity contribution in [2.45, 2.75) is 57.8 Å². The zero-order valence-electron chi connectivity index (χ0n) is 11.5. The Kier molecular flexibility index (Phi) is 3.32. The van der Waals surface area contributed by atoms with Crippen LogP contribution in [0.5, 0.6) is 0 Å². The highest BCUT2D eigenvalue weighted by Crippen LogP contribution is 2.46. The molecule has 2 fully saturated rings.